The highest BCUT2D eigenvalue weighted by molar-refractivity contribution is 5.80. The van der Waals surface area contributed by atoms with E-state index in [4.69, 9.17) is 9.47 Å². The predicted octanol–water partition coefficient (Wildman–Crippen LogP) is 0.681. The molecule has 0 bridgehead atoms. The number of guanidine groups is 1. The quantitative estimate of drug-likeness (QED) is 0.258. The fourth-order valence-corrected chi connectivity index (χ4v) is 3.80. The van der Waals surface area contributed by atoms with Gasteiger partial charge in [-0.25, -0.2) is 0 Å². The van der Waals surface area contributed by atoms with Crippen molar-refractivity contribution in [2.75, 3.05) is 73.2 Å². The average Bonchev–Trinajstić information content (AvgIpc) is 2.98. The molecule has 2 aliphatic rings. The van der Waals surface area contributed by atoms with E-state index in [-0.39, 0.29) is 5.91 Å². The summed E-state index contributed by atoms with van der Waals surface area (Å²) in [5, 5.41) is 6.30. The molecule has 2 fully saturated rings. The molecule has 2 rings (SSSR count). The Kier molecular flexibility index (Phi) is 11.2. The third-order valence-corrected chi connectivity index (χ3v) is 5.42. The normalized spacial score (nSPS) is 20.1. The lowest BCUT2D eigenvalue weighted by Crippen LogP contribution is -2.54. The van der Waals surface area contributed by atoms with Crippen LogP contribution in [0.5, 0.6) is 0 Å². The summed E-state index contributed by atoms with van der Waals surface area (Å²) in [6.45, 7) is 6.52. The van der Waals surface area contributed by atoms with E-state index < -0.39 is 0 Å². The smallest absolute Gasteiger partial charge is 0.234 e. The zero-order chi connectivity index (χ0) is 20.0. The van der Waals surface area contributed by atoms with Crippen LogP contribution in [-0.4, -0.2) is 101 Å². The lowest BCUT2D eigenvalue weighted by Gasteiger charge is -2.36. The predicted molar refractivity (Wildman–Crippen MR) is 112 cm³/mol. The number of nitrogens with zero attached hydrogens (tertiary/aromatic N) is 3. The largest absolute Gasteiger partial charge is 0.383 e. The highest BCUT2D eigenvalue weighted by atomic mass is 16.5. The number of amides is 1. The number of hydrogen-bond acceptors (Lipinski definition) is 5. The van der Waals surface area contributed by atoms with Crippen molar-refractivity contribution >= 4 is 11.9 Å². The minimum Gasteiger partial charge on any atom is -0.383 e. The van der Waals surface area contributed by atoms with Gasteiger partial charge in [0.25, 0.3) is 0 Å². The van der Waals surface area contributed by atoms with Gasteiger partial charge in [0, 0.05) is 53.4 Å². The standard InChI is InChI=1S/C20H39N5O3/c1-21-20(23-10-16-28-18-7-5-3-4-6-8-18)25-13-11-24(12-14-25)17-19(26)22-9-15-27-2/h18H,3-17H2,1-2H3,(H,21,23)(H,22,26). The molecule has 1 aliphatic carbocycles. The van der Waals surface area contributed by atoms with Crippen molar-refractivity contribution in [3.8, 4) is 0 Å². The van der Waals surface area contributed by atoms with Crippen molar-refractivity contribution in [3.05, 3.63) is 0 Å². The minimum absolute atomic E-state index is 0.0590. The zero-order valence-electron chi connectivity index (χ0n) is 17.8. The summed E-state index contributed by atoms with van der Waals surface area (Å²) >= 11 is 0. The van der Waals surface area contributed by atoms with Crippen molar-refractivity contribution in [2.24, 2.45) is 4.99 Å². The molecule has 1 aliphatic heterocycles. The second-order valence-corrected chi connectivity index (χ2v) is 7.56. The summed E-state index contributed by atoms with van der Waals surface area (Å²) < 4.78 is 11.0. The van der Waals surface area contributed by atoms with Crippen LogP contribution in [0.3, 0.4) is 0 Å². The lowest BCUT2D eigenvalue weighted by molar-refractivity contribution is -0.122. The molecule has 8 heteroatoms. The van der Waals surface area contributed by atoms with Gasteiger partial charge in [-0.1, -0.05) is 25.7 Å². The molecule has 0 radical (unpaired) electrons. The molecule has 8 nitrogen and oxygen atoms in total. The molecule has 2 N–H and O–H groups in total. The molecular weight excluding hydrogens is 358 g/mol. The van der Waals surface area contributed by atoms with E-state index in [1.54, 1.807) is 7.11 Å². The Morgan fingerprint density at radius 2 is 1.68 bits per heavy atom. The summed E-state index contributed by atoms with van der Waals surface area (Å²) in [5.74, 6) is 0.984. The molecular formula is C20H39N5O3. The topological polar surface area (TPSA) is 78.4 Å². The van der Waals surface area contributed by atoms with Crippen molar-refractivity contribution < 1.29 is 14.3 Å². The first-order chi connectivity index (χ1) is 13.7. The van der Waals surface area contributed by atoms with Crippen molar-refractivity contribution in [1.82, 2.24) is 20.4 Å². The maximum Gasteiger partial charge on any atom is 0.234 e. The van der Waals surface area contributed by atoms with Gasteiger partial charge in [-0.15, -0.1) is 0 Å². The summed E-state index contributed by atoms with van der Waals surface area (Å²) in [6.07, 6.45) is 8.15. The lowest BCUT2D eigenvalue weighted by atomic mass is 10.1. The van der Waals surface area contributed by atoms with Gasteiger partial charge in [0.05, 0.1) is 25.9 Å². The van der Waals surface area contributed by atoms with Gasteiger partial charge in [0.1, 0.15) is 0 Å². The van der Waals surface area contributed by atoms with Crippen LogP contribution in [0.1, 0.15) is 38.5 Å². The molecule has 1 saturated carbocycles. The Bertz CT molecular complexity index is 459. The van der Waals surface area contributed by atoms with E-state index in [0.29, 0.717) is 25.8 Å². The SMILES string of the molecule is CN=C(NCCOC1CCCCCC1)N1CCN(CC(=O)NCCOC)CC1. The van der Waals surface area contributed by atoms with Crippen molar-refractivity contribution in [2.45, 2.75) is 44.6 Å². The van der Waals surface area contributed by atoms with Gasteiger partial charge < -0.3 is 25.0 Å². The number of aliphatic imine (C=N–C) groups is 1. The van der Waals surface area contributed by atoms with E-state index in [0.717, 1.165) is 45.3 Å². The first-order valence-corrected chi connectivity index (χ1v) is 10.8. The third-order valence-electron chi connectivity index (χ3n) is 5.42. The van der Waals surface area contributed by atoms with Crippen LogP contribution in [0.2, 0.25) is 0 Å². The number of carbonyl (C=O) groups is 1. The number of methoxy groups -OCH3 is 1. The van der Waals surface area contributed by atoms with Gasteiger partial charge in [-0.05, 0) is 12.8 Å². The first kappa shape index (κ1) is 22.9. The monoisotopic (exact) mass is 397 g/mol. The van der Waals surface area contributed by atoms with Gasteiger partial charge >= 0.3 is 0 Å². The summed E-state index contributed by atoms with van der Waals surface area (Å²) in [4.78, 5) is 20.8. The van der Waals surface area contributed by atoms with Crippen LogP contribution in [-0.2, 0) is 14.3 Å². The molecule has 1 amide bonds. The van der Waals surface area contributed by atoms with Crippen LogP contribution < -0.4 is 10.6 Å². The summed E-state index contributed by atoms with van der Waals surface area (Å²) in [7, 11) is 3.46. The molecule has 1 heterocycles. The molecule has 0 aromatic carbocycles. The van der Waals surface area contributed by atoms with Crippen LogP contribution >= 0.6 is 0 Å². The van der Waals surface area contributed by atoms with Crippen LogP contribution in [0.15, 0.2) is 4.99 Å². The minimum atomic E-state index is 0.0590. The molecule has 0 atom stereocenters. The maximum absolute atomic E-state index is 11.9. The van der Waals surface area contributed by atoms with Gasteiger partial charge in [0.15, 0.2) is 5.96 Å². The summed E-state index contributed by atoms with van der Waals surface area (Å²) in [5.41, 5.74) is 0. The molecule has 0 spiro atoms. The van der Waals surface area contributed by atoms with Crippen molar-refractivity contribution in [1.29, 1.82) is 0 Å². The molecule has 0 aromatic rings. The highest BCUT2D eigenvalue weighted by Crippen LogP contribution is 2.19. The maximum atomic E-state index is 11.9. The van der Waals surface area contributed by atoms with Crippen LogP contribution in [0, 0.1) is 0 Å². The number of rotatable bonds is 9. The fraction of sp³-hybridized carbons (Fsp3) is 0.900. The number of nitrogens with one attached hydrogen (secondary N) is 2. The Morgan fingerprint density at radius 1 is 1.00 bits per heavy atom. The Morgan fingerprint density at radius 3 is 2.32 bits per heavy atom. The molecule has 28 heavy (non-hydrogen) atoms. The summed E-state index contributed by atoms with van der Waals surface area (Å²) in [6, 6.07) is 0. The van der Waals surface area contributed by atoms with E-state index in [9.17, 15) is 4.79 Å². The molecule has 162 valence electrons. The van der Waals surface area contributed by atoms with E-state index >= 15 is 0 Å². The van der Waals surface area contributed by atoms with Gasteiger partial charge in [-0.2, -0.15) is 0 Å². The third kappa shape index (κ3) is 8.75. The van der Waals surface area contributed by atoms with Crippen LogP contribution in [0.25, 0.3) is 0 Å². The second kappa shape index (κ2) is 13.7. The van der Waals surface area contributed by atoms with E-state index in [2.05, 4.69) is 25.4 Å². The van der Waals surface area contributed by atoms with Gasteiger partial charge in [-0.3, -0.25) is 14.7 Å². The zero-order valence-corrected chi connectivity index (χ0v) is 17.8. The molecule has 1 saturated heterocycles. The van der Waals surface area contributed by atoms with E-state index in [1.807, 2.05) is 7.05 Å². The number of piperazine rings is 1. The Hall–Kier alpha value is -1.38. The highest BCUT2D eigenvalue weighted by Gasteiger charge is 2.21. The number of ether oxygens (including phenoxy) is 2. The number of carbonyl (C=O) groups excluding carboxylic acids is 1. The van der Waals surface area contributed by atoms with Crippen LogP contribution in [0.4, 0.5) is 0 Å². The molecule has 0 unspecified atom stereocenters. The number of hydrogen-bond donors (Lipinski definition) is 2. The first-order valence-electron chi connectivity index (χ1n) is 10.8. The average molecular weight is 398 g/mol. The van der Waals surface area contributed by atoms with Crippen molar-refractivity contribution in [3.63, 3.8) is 0 Å². The second-order valence-electron chi connectivity index (χ2n) is 7.56. The fourth-order valence-electron chi connectivity index (χ4n) is 3.80. The Labute approximate surface area is 170 Å². The Balaban J connectivity index is 1.59. The van der Waals surface area contributed by atoms with E-state index in [1.165, 1.54) is 38.5 Å². The van der Waals surface area contributed by atoms with Gasteiger partial charge in [0.2, 0.25) is 5.91 Å². The molecule has 0 aromatic heterocycles.